The van der Waals surface area contributed by atoms with Crippen molar-refractivity contribution in [3.8, 4) is 45.6 Å². The van der Waals surface area contributed by atoms with E-state index >= 15 is 4.79 Å². The van der Waals surface area contributed by atoms with E-state index in [1.54, 1.807) is 55.4 Å². The molecule has 9 rings (SSSR count). The van der Waals surface area contributed by atoms with Crippen LogP contribution in [0, 0.1) is 0 Å². The summed E-state index contributed by atoms with van der Waals surface area (Å²) in [7, 11) is 1.93. The molecule has 2 atom stereocenters. The number of carbonyl (C=O) groups excluding carboxylic acids is 3. The summed E-state index contributed by atoms with van der Waals surface area (Å²) in [5.74, 6) is 2.12. The first kappa shape index (κ1) is 66.4. The lowest BCUT2D eigenvalue weighted by molar-refractivity contribution is 0.0732. The largest absolute Gasteiger partial charge is 0.497 e. The fourth-order valence-corrected chi connectivity index (χ4v) is 13.1. The first-order valence-electron chi connectivity index (χ1n) is 31.1. The molecular formula is C72H90N4O12Si2. The Morgan fingerprint density at radius 2 is 0.967 bits per heavy atom. The zero-order chi connectivity index (χ0) is 64.7. The second-order valence-electron chi connectivity index (χ2n) is 26.4. The number of nitrogens with two attached hydrogens (primary N) is 1. The second-order valence-corrected chi connectivity index (χ2v) is 36.0. The van der Waals surface area contributed by atoms with Crippen LogP contribution in [0.1, 0.15) is 123 Å². The number of hydrogen-bond acceptors (Lipinski definition) is 13. The van der Waals surface area contributed by atoms with Gasteiger partial charge >= 0.3 is 6.09 Å². The number of nitrogen functional groups attached to an aromatic ring is 1. The number of nitrogens with one attached hydrogen (secondary N) is 1. The van der Waals surface area contributed by atoms with Crippen molar-refractivity contribution in [2.75, 3.05) is 72.5 Å². The highest BCUT2D eigenvalue weighted by atomic mass is 28.4. The van der Waals surface area contributed by atoms with Crippen LogP contribution in [0.4, 0.5) is 16.2 Å². The maximum atomic E-state index is 15.3. The van der Waals surface area contributed by atoms with Crippen LogP contribution in [0.15, 0.2) is 134 Å². The second kappa shape index (κ2) is 28.0. The summed E-state index contributed by atoms with van der Waals surface area (Å²) in [5.41, 5.74) is 15.9. The number of nitrogens with zero attached hydrogens (tertiary/aromatic N) is 2. The summed E-state index contributed by atoms with van der Waals surface area (Å²) in [6, 6.07) is 37.9. The Balaban J connectivity index is 0.896. The molecule has 0 saturated heterocycles. The maximum absolute atomic E-state index is 15.3. The lowest BCUT2D eigenvalue weighted by Crippen LogP contribution is -2.45. The number of benzene rings is 6. The average Bonchev–Trinajstić information content (AvgIpc) is 1.60. The zero-order valence-corrected chi connectivity index (χ0v) is 56.9. The van der Waals surface area contributed by atoms with Crippen LogP contribution in [0.5, 0.6) is 34.5 Å². The van der Waals surface area contributed by atoms with Crippen molar-refractivity contribution in [3.05, 3.63) is 167 Å². The van der Waals surface area contributed by atoms with E-state index in [9.17, 15) is 9.59 Å². The normalized spacial score (nSPS) is 15.8. The van der Waals surface area contributed by atoms with E-state index in [1.165, 1.54) is 7.11 Å². The molecule has 0 saturated carbocycles. The molecule has 2 heterocycles. The number of amides is 3. The van der Waals surface area contributed by atoms with Gasteiger partial charge in [0.1, 0.15) is 18.1 Å². The average molecular weight is 1260 g/mol. The number of hydrogen-bond donors (Lipinski definition) is 2. The van der Waals surface area contributed by atoms with E-state index in [2.05, 4.69) is 97.3 Å². The topological polar surface area (TPSA) is 179 Å². The van der Waals surface area contributed by atoms with Gasteiger partial charge in [-0.25, -0.2) is 4.79 Å². The number of carbonyl (C=O) groups is 3. The summed E-state index contributed by atoms with van der Waals surface area (Å²) >= 11 is 0. The van der Waals surface area contributed by atoms with Crippen LogP contribution < -0.4 is 39.5 Å². The summed E-state index contributed by atoms with van der Waals surface area (Å²) in [6.45, 7) is 23.4. The SMILES string of the molecule is COc1ccc(C2=CN(C(=O)c3cc(OC)c(OCCCCCOc4cc(NC(=O)OCC5c6ccccc6-c6ccccc65)c(C(=O)N5C=C(c6ccc(OC)cc6)C[C@H]5CO[Si](C)(C)C(C)(C)C)cc4OC)cc3N)[C@H](CO[Si](C)(C)C(C)(C)C)C2)cc1. The Morgan fingerprint density at radius 3 is 1.41 bits per heavy atom. The van der Waals surface area contributed by atoms with Crippen molar-refractivity contribution in [1.29, 1.82) is 0 Å². The van der Waals surface area contributed by atoms with Crippen LogP contribution in [0.25, 0.3) is 22.3 Å². The minimum Gasteiger partial charge on any atom is -0.497 e. The van der Waals surface area contributed by atoms with E-state index in [-0.39, 0.29) is 70.0 Å². The summed E-state index contributed by atoms with van der Waals surface area (Å²) < 4.78 is 54.9. The van der Waals surface area contributed by atoms with Crippen molar-refractivity contribution in [1.82, 2.24) is 9.80 Å². The van der Waals surface area contributed by atoms with Gasteiger partial charge in [-0.1, -0.05) is 114 Å². The molecule has 0 bridgehead atoms. The minimum atomic E-state index is -2.25. The Hall–Kier alpha value is -8.04. The molecule has 0 unspecified atom stereocenters. The molecular weight excluding hydrogens is 1170 g/mol. The molecule has 0 spiro atoms. The Labute approximate surface area is 533 Å². The van der Waals surface area contributed by atoms with E-state index in [0.29, 0.717) is 80.5 Å². The number of methoxy groups -OCH3 is 4. The van der Waals surface area contributed by atoms with Gasteiger partial charge in [-0.2, -0.15) is 0 Å². The lowest BCUT2D eigenvalue weighted by Gasteiger charge is -2.38. The third-order valence-electron chi connectivity index (χ3n) is 18.5. The third kappa shape index (κ3) is 14.9. The number of rotatable bonds is 25. The van der Waals surface area contributed by atoms with Gasteiger partial charge in [0.2, 0.25) is 0 Å². The third-order valence-corrected chi connectivity index (χ3v) is 27.5. The van der Waals surface area contributed by atoms with Crippen LogP contribution in [0.3, 0.4) is 0 Å². The van der Waals surface area contributed by atoms with Gasteiger partial charge in [-0.15, -0.1) is 0 Å². The van der Waals surface area contributed by atoms with Crippen LogP contribution in [-0.2, 0) is 13.6 Å². The smallest absolute Gasteiger partial charge is 0.411 e. The fraction of sp³-hybridized carbons (Fsp3) is 0.403. The van der Waals surface area contributed by atoms with Gasteiger partial charge < -0.3 is 57.5 Å². The van der Waals surface area contributed by atoms with E-state index in [0.717, 1.165) is 56.0 Å². The minimum absolute atomic E-state index is 0.00890. The Bertz CT molecular complexity index is 3560. The van der Waals surface area contributed by atoms with E-state index < -0.39 is 22.7 Å². The molecule has 0 fully saturated rings. The van der Waals surface area contributed by atoms with Crippen molar-refractivity contribution >= 4 is 57.1 Å². The van der Waals surface area contributed by atoms with Gasteiger partial charge in [-0.3, -0.25) is 14.9 Å². The number of ether oxygens (including phenoxy) is 7. The molecule has 0 radical (unpaired) electrons. The quantitative estimate of drug-likeness (QED) is 0.0314. The molecule has 0 aromatic heterocycles. The Morgan fingerprint density at radius 1 is 0.533 bits per heavy atom. The molecule has 90 heavy (non-hydrogen) atoms. The van der Waals surface area contributed by atoms with Crippen LogP contribution in [-0.4, -0.2) is 118 Å². The van der Waals surface area contributed by atoms with E-state index in [4.69, 9.17) is 47.7 Å². The predicted octanol–water partition coefficient (Wildman–Crippen LogP) is 15.8. The fourth-order valence-electron chi connectivity index (χ4n) is 11.0. The Kier molecular flexibility index (Phi) is 20.7. The number of anilines is 2. The standard InChI is InChI=1S/C72H90N4O12Si2/c1-71(2,3)89(11,12)87-44-51-36-49(47-26-30-53(80-7)31-27-47)42-75(51)68(77)59-38-64(82-9)66(40-62(59)73)84-34-20-15-21-35-85-67-41-63(74-70(79)86-46-61-57-24-18-16-22-55(57)56-23-17-19-25-58(56)61)60(39-65(67)83-10)69(78)76-43-50(48-28-32-54(81-8)33-29-48)37-52(76)45-88-90(13,14)72(4,5)6/h16-19,22-33,38-43,51-52,61H,15,20-21,34-37,44-46,73H2,1-14H3,(H,74,79)/t51-,52-/m0/s1. The summed E-state index contributed by atoms with van der Waals surface area (Å²) in [6.07, 6.45) is 6.21. The number of unbranched alkanes of at least 4 members (excludes halogenated alkanes) is 2. The van der Waals surface area contributed by atoms with Crippen molar-refractivity contribution in [2.24, 2.45) is 0 Å². The molecule has 6 aromatic rings. The van der Waals surface area contributed by atoms with Gasteiger partial charge in [0.25, 0.3) is 11.8 Å². The van der Waals surface area contributed by atoms with Gasteiger partial charge in [0.05, 0.1) is 83.8 Å². The maximum Gasteiger partial charge on any atom is 0.411 e. The number of fused-ring (bicyclic) bond motifs is 3. The first-order valence-corrected chi connectivity index (χ1v) is 36.9. The van der Waals surface area contributed by atoms with E-state index in [1.807, 2.05) is 85.2 Å². The molecule has 3 N–H and O–H groups in total. The monoisotopic (exact) mass is 1260 g/mol. The predicted molar refractivity (Wildman–Crippen MR) is 361 cm³/mol. The van der Waals surface area contributed by atoms with Gasteiger partial charge in [0.15, 0.2) is 39.6 Å². The van der Waals surface area contributed by atoms with Gasteiger partial charge in [-0.05, 0) is 149 Å². The van der Waals surface area contributed by atoms with Gasteiger partial charge in [0, 0.05) is 36.1 Å². The molecule has 3 amide bonds. The zero-order valence-electron chi connectivity index (χ0n) is 54.9. The van der Waals surface area contributed by atoms with Crippen LogP contribution >= 0.6 is 0 Å². The molecule has 16 nitrogen and oxygen atoms in total. The van der Waals surface area contributed by atoms with Crippen molar-refractivity contribution in [3.63, 3.8) is 0 Å². The molecule has 1 aliphatic carbocycles. The lowest BCUT2D eigenvalue weighted by atomic mass is 9.98. The molecule has 478 valence electrons. The van der Waals surface area contributed by atoms with Crippen LogP contribution in [0.2, 0.25) is 36.3 Å². The summed E-state index contributed by atoms with van der Waals surface area (Å²) in [5, 5.41) is 2.88. The highest BCUT2D eigenvalue weighted by molar-refractivity contribution is 6.74. The van der Waals surface area contributed by atoms with Crippen molar-refractivity contribution < 1.29 is 56.4 Å². The molecule has 3 aliphatic rings. The molecule has 18 heteroatoms. The molecule has 2 aliphatic heterocycles. The van der Waals surface area contributed by atoms with Crippen molar-refractivity contribution in [2.45, 2.75) is 128 Å². The first-order chi connectivity index (χ1) is 42.8. The highest BCUT2D eigenvalue weighted by Gasteiger charge is 2.42. The highest BCUT2D eigenvalue weighted by Crippen LogP contribution is 2.46. The summed E-state index contributed by atoms with van der Waals surface area (Å²) in [4.78, 5) is 47.6. The molecule has 6 aromatic carbocycles.